The van der Waals surface area contributed by atoms with Gasteiger partial charge in [-0.3, -0.25) is 0 Å². The third-order valence-electron chi connectivity index (χ3n) is 2.73. The van der Waals surface area contributed by atoms with E-state index < -0.39 is 11.0 Å². The SMILES string of the molecule is CC(C)CS(=O)NC1COC2CCOC12. The molecule has 0 aliphatic carbocycles. The summed E-state index contributed by atoms with van der Waals surface area (Å²) in [5.41, 5.74) is 0. The van der Waals surface area contributed by atoms with Gasteiger partial charge in [-0.15, -0.1) is 0 Å². The molecule has 4 nitrogen and oxygen atoms in total. The lowest BCUT2D eigenvalue weighted by molar-refractivity contribution is 0.0700. The Labute approximate surface area is 93.3 Å². The number of ether oxygens (including phenoxy) is 2. The van der Waals surface area contributed by atoms with Crippen molar-refractivity contribution in [3.63, 3.8) is 0 Å². The highest BCUT2D eigenvalue weighted by Crippen LogP contribution is 2.26. The molecule has 2 aliphatic rings. The van der Waals surface area contributed by atoms with E-state index in [-0.39, 0.29) is 18.2 Å². The third kappa shape index (κ3) is 2.78. The monoisotopic (exact) mass is 233 g/mol. The molecule has 0 amide bonds. The van der Waals surface area contributed by atoms with Crippen LogP contribution in [-0.4, -0.2) is 41.4 Å². The molecule has 2 heterocycles. The van der Waals surface area contributed by atoms with Crippen LogP contribution in [0.25, 0.3) is 0 Å². The Balaban J connectivity index is 1.82. The Kier molecular flexibility index (Phi) is 3.77. The van der Waals surface area contributed by atoms with E-state index in [9.17, 15) is 4.21 Å². The van der Waals surface area contributed by atoms with E-state index in [0.29, 0.717) is 18.3 Å². The fraction of sp³-hybridized carbons (Fsp3) is 1.00. The minimum Gasteiger partial charge on any atom is -0.374 e. The van der Waals surface area contributed by atoms with Crippen LogP contribution in [0.2, 0.25) is 0 Å². The van der Waals surface area contributed by atoms with E-state index in [2.05, 4.69) is 18.6 Å². The van der Waals surface area contributed by atoms with Crippen LogP contribution in [0.4, 0.5) is 0 Å². The van der Waals surface area contributed by atoms with Crippen LogP contribution < -0.4 is 4.72 Å². The highest BCUT2D eigenvalue weighted by atomic mass is 32.2. The molecule has 0 aromatic heterocycles. The number of fused-ring (bicyclic) bond motifs is 1. The van der Waals surface area contributed by atoms with E-state index in [1.54, 1.807) is 0 Å². The molecule has 2 aliphatic heterocycles. The molecule has 1 N–H and O–H groups in total. The van der Waals surface area contributed by atoms with E-state index in [1.165, 1.54) is 0 Å². The first-order valence-electron chi connectivity index (χ1n) is 5.54. The molecule has 2 fully saturated rings. The normalized spacial score (nSPS) is 37.1. The highest BCUT2D eigenvalue weighted by molar-refractivity contribution is 7.83. The number of hydrogen-bond acceptors (Lipinski definition) is 3. The predicted molar refractivity (Wildman–Crippen MR) is 58.9 cm³/mol. The maximum Gasteiger partial charge on any atom is 0.102 e. The molecule has 0 aromatic rings. The van der Waals surface area contributed by atoms with Gasteiger partial charge in [0.25, 0.3) is 0 Å². The Hall–Kier alpha value is 0.0300. The van der Waals surface area contributed by atoms with Crippen LogP contribution in [0.5, 0.6) is 0 Å². The van der Waals surface area contributed by atoms with Crippen molar-refractivity contribution in [2.75, 3.05) is 19.0 Å². The molecule has 2 rings (SSSR count). The molecule has 5 heteroatoms. The summed E-state index contributed by atoms with van der Waals surface area (Å²) in [6, 6.07) is 0.108. The molecular weight excluding hydrogens is 214 g/mol. The number of rotatable bonds is 4. The summed E-state index contributed by atoms with van der Waals surface area (Å²) in [6.45, 7) is 5.53. The molecule has 0 spiro atoms. The van der Waals surface area contributed by atoms with Gasteiger partial charge in [-0.2, -0.15) is 0 Å². The Bertz CT molecular complexity index is 247. The van der Waals surface area contributed by atoms with E-state index in [1.807, 2.05) is 0 Å². The number of nitrogens with one attached hydrogen (secondary N) is 1. The molecule has 0 radical (unpaired) electrons. The molecule has 4 atom stereocenters. The number of hydrogen-bond donors (Lipinski definition) is 1. The van der Waals surface area contributed by atoms with E-state index in [4.69, 9.17) is 9.47 Å². The Morgan fingerprint density at radius 1 is 1.47 bits per heavy atom. The third-order valence-corrected chi connectivity index (χ3v) is 4.27. The fourth-order valence-corrected chi connectivity index (χ4v) is 3.33. The smallest absolute Gasteiger partial charge is 0.102 e. The maximum atomic E-state index is 11.7. The van der Waals surface area contributed by atoms with Gasteiger partial charge >= 0.3 is 0 Å². The lowest BCUT2D eigenvalue weighted by Crippen LogP contribution is -2.42. The molecular formula is C10H19NO3S. The average molecular weight is 233 g/mol. The fourth-order valence-electron chi connectivity index (χ4n) is 2.09. The van der Waals surface area contributed by atoms with Crippen LogP contribution in [0.3, 0.4) is 0 Å². The topological polar surface area (TPSA) is 47.6 Å². The first-order valence-corrected chi connectivity index (χ1v) is 6.86. The highest BCUT2D eigenvalue weighted by Gasteiger charge is 2.42. The van der Waals surface area contributed by atoms with Gasteiger partial charge in [0.15, 0.2) is 0 Å². The van der Waals surface area contributed by atoms with Crippen molar-refractivity contribution in [3.8, 4) is 0 Å². The summed E-state index contributed by atoms with van der Waals surface area (Å²) in [7, 11) is -0.959. The van der Waals surface area contributed by atoms with Crippen molar-refractivity contribution in [2.45, 2.75) is 38.5 Å². The van der Waals surface area contributed by atoms with Crippen LogP contribution in [0, 0.1) is 5.92 Å². The summed E-state index contributed by atoms with van der Waals surface area (Å²) >= 11 is 0. The summed E-state index contributed by atoms with van der Waals surface area (Å²) in [4.78, 5) is 0. The van der Waals surface area contributed by atoms with Gasteiger partial charge in [0, 0.05) is 12.4 Å². The molecule has 15 heavy (non-hydrogen) atoms. The van der Waals surface area contributed by atoms with Gasteiger partial charge in [-0.05, 0) is 12.3 Å². The van der Waals surface area contributed by atoms with Gasteiger partial charge in [0.05, 0.1) is 29.7 Å². The van der Waals surface area contributed by atoms with Crippen LogP contribution >= 0.6 is 0 Å². The summed E-state index contributed by atoms with van der Waals surface area (Å²) in [5, 5.41) is 0. The first-order chi connectivity index (χ1) is 7.16. The molecule has 0 aromatic carbocycles. The summed E-state index contributed by atoms with van der Waals surface area (Å²) in [5.74, 6) is 1.13. The largest absolute Gasteiger partial charge is 0.374 e. The molecule has 2 saturated heterocycles. The average Bonchev–Trinajstić information content (AvgIpc) is 2.68. The Morgan fingerprint density at radius 2 is 2.27 bits per heavy atom. The molecule has 0 saturated carbocycles. The van der Waals surface area contributed by atoms with Gasteiger partial charge in [0.1, 0.15) is 6.10 Å². The maximum absolute atomic E-state index is 11.7. The van der Waals surface area contributed by atoms with Gasteiger partial charge in [-0.25, -0.2) is 8.93 Å². The van der Waals surface area contributed by atoms with Crippen molar-refractivity contribution in [3.05, 3.63) is 0 Å². The van der Waals surface area contributed by atoms with Gasteiger partial charge in [-0.1, -0.05) is 13.8 Å². The molecule has 4 unspecified atom stereocenters. The molecule has 0 bridgehead atoms. The predicted octanol–water partition coefficient (Wildman–Crippen LogP) is 0.452. The van der Waals surface area contributed by atoms with E-state index >= 15 is 0 Å². The summed E-state index contributed by atoms with van der Waals surface area (Å²) in [6.07, 6.45) is 1.30. The van der Waals surface area contributed by atoms with Crippen LogP contribution in [0.15, 0.2) is 0 Å². The second kappa shape index (κ2) is 4.91. The second-order valence-electron chi connectivity index (χ2n) is 4.63. The van der Waals surface area contributed by atoms with Crippen molar-refractivity contribution in [1.29, 1.82) is 0 Å². The first kappa shape index (κ1) is 11.5. The van der Waals surface area contributed by atoms with Crippen molar-refractivity contribution < 1.29 is 13.7 Å². The zero-order chi connectivity index (χ0) is 10.8. The van der Waals surface area contributed by atoms with E-state index in [0.717, 1.165) is 13.0 Å². The lowest BCUT2D eigenvalue weighted by Gasteiger charge is -2.17. The lowest BCUT2D eigenvalue weighted by atomic mass is 10.1. The van der Waals surface area contributed by atoms with Crippen molar-refractivity contribution >= 4 is 11.0 Å². The van der Waals surface area contributed by atoms with Crippen molar-refractivity contribution in [1.82, 2.24) is 4.72 Å². The minimum atomic E-state index is -0.959. The molecule has 88 valence electrons. The Morgan fingerprint density at radius 3 is 3.00 bits per heavy atom. The zero-order valence-corrected chi connectivity index (χ0v) is 10.1. The standard InChI is InChI=1S/C10H19NO3S/c1-7(2)6-15(12)11-8-5-14-9-3-4-13-10(8)9/h7-11H,3-6H2,1-2H3. The minimum absolute atomic E-state index is 0.108. The summed E-state index contributed by atoms with van der Waals surface area (Å²) < 4.78 is 25.9. The quantitative estimate of drug-likeness (QED) is 0.767. The van der Waals surface area contributed by atoms with Gasteiger partial charge < -0.3 is 9.47 Å². The van der Waals surface area contributed by atoms with Crippen LogP contribution in [0.1, 0.15) is 20.3 Å². The second-order valence-corrected chi connectivity index (χ2v) is 5.89. The van der Waals surface area contributed by atoms with Gasteiger partial charge in [0.2, 0.25) is 0 Å². The van der Waals surface area contributed by atoms with Crippen LogP contribution in [-0.2, 0) is 20.5 Å². The zero-order valence-electron chi connectivity index (χ0n) is 9.27. The van der Waals surface area contributed by atoms with Crippen molar-refractivity contribution in [2.24, 2.45) is 5.92 Å².